The van der Waals surface area contributed by atoms with Crippen LogP contribution < -0.4 is 10.1 Å². The van der Waals surface area contributed by atoms with Gasteiger partial charge in [0.2, 0.25) is 0 Å². The second-order valence-corrected chi connectivity index (χ2v) is 8.13. The molecule has 0 radical (unpaired) electrons. The Balaban J connectivity index is 1.38. The quantitative estimate of drug-likeness (QED) is 0.537. The number of rotatable bonds is 7. The Bertz CT molecular complexity index is 1240. The summed E-state index contributed by atoms with van der Waals surface area (Å²) >= 11 is 0.888. The van der Waals surface area contributed by atoms with Gasteiger partial charge in [-0.15, -0.1) is 5.10 Å². The third-order valence-corrected chi connectivity index (χ3v) is 5.91. The van der Waals surface area contributed by atoms with Crippen LogP contribution in [0.3, 0.4) is 0 Å². The van der Waals surface area contributed by atoms with E-state index in [1.54, 1.807) is 30.9 Å². The molecule has 1 N–H and O–H groups in total. The first-order chi connectivity index (χ1) is 16.0. The average Bonchev–Trinajstić information content (AvgIpc) is 3.34. The first-order valence-electron chi connectivity index (χ1n) is 10.1. The van der Waals surface area contributed by atoms with E-state index in [0.717, 1.165) is 22.2 Å². The fourth-order valence-corrected chi connectivity index (χ4v) is 4.15. The molecule has 33 heavy (non-hydrogen) atoms. The van der Waals surface area contributed by atoms with Crippen molar-refractivity contribution in [3.8, 4) is 11.4 Å². The van der Waals surface area contributed by atoms with Crippen molar-refractivity contribution < 1.29 is 19.1 Å². The summed E-state index contributed by atoms with van der Waals surface area (Å²) in [4.78, 5) is 39.0. The zero-order valence-corrected chi connectivity index (χ0v) is 18.8. The summed E-state index contributed by atoms with van der Waals surface area (Å²) in [6.45, 7) is 1.89. The lowest BCUT2D eigenvalue weighted by molar-refractivity contribution is -0.122. The second-order valence-electron chi connectivity index (χ2n) is 7.14. The molecule has 1 saturated heterocycles. The first kappa shape index (κ1) is 22.3. The number of hydrogen-bond donors (Lipinski definition) is 1. The van der Waals surface area contributed by atoms with Gasteiger partial charge in [-0.25, -0.2) is 4.68 Å². The van der Waals surface area contributed by atoms with Gasteiger partial charge in [0.15, 0.2) is 5.69 Å². The molecule has 2 heterocycles. The third-order valence-electron chi connectivity index (χ3n) is 5.00. The van der Waals surface area contributed by atoms with E-state index in [-0.39, 0.29) is 29.9 Å². The number of thioether (sulfide) groups is 1. The summed E-state index contributed by atoms with van der Waals surface area (Å²) in [7, 11) is 1.57. The lowest BCUT2D eigenvalue weighted by atomic mass is 10.2. The number of imide groups is 1. The number of nitrogens with zero attached hydrogens (tertiary/aromatic N) is 4. The summed E-state index contributed by atoms with van der Waals surface area (Å²) in [6, 6.07) is 16.5. The molecule has 10 heteroatoms. The first-order valence-corrected chi connectivity index (χ1v) is 10.9. The Morgan fingerprint density at radius 3 is 2.70 bits per heavy atom. The Kier molecular flexibility index (Phi) is 6.55. The van der Waals surface area contributed by atoms with E-state index in [9.17, 15) is 14.4 Å². The molecular formula is C23H21N5O4S. The van der Waals surface area contributed by atoms with Crippen molar-refractivity contribution in [1.82, 2.24) is 25.2 Å². The molecule has 1 aromatic heterocycles. The summed E-state index contributed by atoms with van der Waals surface area (Å²) in [6.07, 6.45) is 1.68. The molecule has 0 atom stereocenters. The summed E-state index contributed by atoms with van der Waals surface area (Å²) in [5.41, 5.74) is 2.26. The van der Waals surface area contributed by atoms with Crippen LogP contribution in [0.1, 0.15) is 21.7 Å². The molecule has 0 unspecified atom stereocenters. The molecule has 1 aliphatic rings. The van der Waals surface area contributed by atoms with Gasteiger partial charge in [0.1, 0.15) is 5.75 Å². The van der Waals surface area contributed by atoms with E-state index in [2.05, 4.69) is 15.6 Å². The van der Waals surface area contributed by atoms with E-state index >= 15 is 0 Å². The van der Waals surface area contributed by atoms with Crippen LogP contribution in [0.4, 0.5) is 4.79 Å². The van der Waals surface area contributed by atoms with E-state index in [0.29, 0.717) is 22.0 Å². The average molecular weight is 464 g/mol. The van der Waals surface area contributed by atoms with E-state index in [4.69, 9.17) is 4.74 Å². The molecule has 1 aliphatic heterocycles. The largest absolute Gasteiger partial charge is 0.497 e. The topological polar surface area (TPSA) is 106 Å². The number of benzene rings is 2. The Morgan fingerprint density at radius 1 is 1.15 bits per heavy atom. The second kappa shape index (κ2) is 9.70. The minimum absolute atomic E-state index is 0.0611. The van der Waals surface area contributed by atoms with Crippen LogP contribution in [0.2, 0.25) is 0 Å². The van der Waals surface area contributed by atoms with Gasteiger partial charge < -0.3 is 10.1 Å². The molecule has 0 bridgehead atoms. The number of nitrogens with one attached hydrogen (secondary N) is 1. The number of methoxy groups -OCH3 is 1. The highest BCUT2D eigenvalue weighted by molar-refractivity contribution is 8.18. The minimum atomic E-state index is -0.437. The lowest BCUT2D eigenvalue weighted by Gasteiger charge is -2.12. The molecule has 0 spiro atoms. The van der Waals surface area contributed by atoms with Crippen molar-refractivity contribution in [3.63, 3.8) is 0 Å². The number of ether oxygens (including phenoxy) is 1. The highest BCUT2D eigenvalue weighted by Crippen LogP contribution is 2.31. The molecule has 9 nitrogen and oxygen atoms in total. The van der Waals surface area contributed by atoms with Crippen LogP contribution >= 0.6 is 11.8 Å². The van der Waals surface area contributed by atoms with Crippen molar-refractivity contribution in [2.75, 3.05) is 20.2 Å². The standard InChI is InChI=1S/C23H21N5O4S/c1-15-20(25-26-28(15)17-9-6-10-18(14-17)32-2)21(29)24-11-12-27-22(30)19(33-23(27)31)13-16-7-4-3-5-8-16/h3-10,13-14H,11-12H2,1-2H3,(H,24,29)/b19-13-. The normalized spacial score (nSPS) is 14.7. The van der Waals surface area contributed by atoms with Crippen LogP contribution in [0, 0.1) is 6.92 Å². The van der Waals surface area contributed by atoms with E-state index < -0.39 is 5.91 Å². The molecule has 2 aromatic carbocycles. The maximum Gasteiger partial charge on any atom is 0.293 e. The van der Waals surface area contributed by atoms with Gasteiger partial charge in [0, 0.05) is 19.2 Å². The van der Waals surface area contributed by atoms with E-state index in [1.807, 2.05) is 48.5 Å². The predicted octanol–water partition coefficient (Wildman–Crippen LogP) is 3.05. The highest BCUT2D eigenvalue weighted by Gasteiger charge is 2.34. The van der Waals surface area contributed by atoms with Crippen LogP contribution in [0.15, 0.2) is 59.5 Å². The predicted molar refractivity (Wildman–Crippen MR) is 124 cm³/mol. The third kappa shape index (κ3) is 4.80. The Hall–Kier alpha value is -3.92. The van der Waals surface area contributed by atoms with Gasteiger partial charge in [0.05, 0.1) is 23.4 Å². The lowest BCUT2D eigenvalue weighted by Crippen LogP contribution is -2.37. The number of carbonyl (C=O) groups is 3. The SMILES string of the molecule is COc1cccc(-n2nnc(C(=O)NCCN3C(=O)S/C(=C\c4ccccc4)C3=O)c2C)c1. The number of aromatic nitrogens is 3. The summed E-state index contributed by atoms with van der Waals surface area (Å²) < 4.78 is 6.77. The van der Waals surface area contributed by atoms with Crippen molar-refractivity contribution in [2.45, 2.75) is 6.92 Å². The summed E-state index contributed by atoms with van der Waals surface area (Å²) in [5.74, 6) is -0.149. The van der Waals surface area contributed by atoms with E-state index in [1.165, 1.54) is 0 Å². The van der Waals surface area contributed by atoms with Gasteiger partial charge in [-0.05, 0) is 42.5 Å². The molecule has 4 rings (SSSR count). The molecule has 1 fully saturated rings. The molecule has 168 valence electrons. The smallest absolute Gasteiger partial charge is 0.293 e. The summed E-state index contributed by atoms with van der Waals surface area (Å²) in [5, 5.41) is 10.4. The maximum atomic E-state index is 12.6. The Morgan fingerprint density at radius 2 is 1.94 bits per heavy atom. The van der Waals surface area contributed by atoms with Crippen LogP contribution in [0.5, 0.6) is 5.75 Å². The van der Waals surface area contributed by atoms with Crippen molar-refractivity contribution >= 4 is 34.9 Å². The van der Waals surface area contributed by atoms with Crippen molar-refractivity contribution in [1.29, 1.82) is 0 Å². The van der Waals surface area contributed by atoms with Crippen LogP contribution in [0.25, 0.3) is 11.8 Å². The van der Waals surface area contributed by atoms with Gasteiger partial charge in [-0.1, -0.05) is 41.6 Å². The zero-order valence-electron chi connectivity index (χ0n) is 18.0. The fraction of sp³-hybridized carbons (Fsp3) is 0.174. The Labute approximate surface area is 194 Å². The molecule has 3 aromatic rings. The van der Waals surface area contributed by atoms with Crippen LogP contribution in [-0.2, 0) is 4.79 Å². The number of amides is 3. The monoisotopic (exact) mass is 463 g/mol. The van der Waals surface area contributed by atoms with Crippen LogP contribution in [-0.4, -0.2) is 57.1 Å². The highest BCUT2D eigenvalue weighted by atomic mass is 32.2. The molecular weight excluding hydrogens is 442 g/mol. The molecule has 0 saturated carbocycles. The van der Waals surface area contributed by atoms with Crippen molar-refractivity contribution in [2.24, 2.45) is 0 Å². The zero-order chi connectivity index (χ0) is 23.4. The maximum absolute atomic E-state index is 12.6. The molecule has 3 amide bonds. The number of carbonyl (C=O) groups excluding carboxylic acids is 3. The minimum Gasteiger partial charge on any atom is -0.497 e. The van der Waals surface area contributed by atoms with Crippen molar-refractivity contribution in [3.05, 3.63) is 76.5 Å². The fourth-order valence-electron chi connectivity index (χ4n) is 3.28. The van der Waals surface area contributed by atoms with Gasteiger partial charge in [-0.3, -0.25) is 19.3 Å². The number of hydrogen-bond acceptors (Lipinski definition) is 7. The van der Waals surface area contributed by atoms with Gasteiger partial charge in [-0.2, -0.15) is 0 Å². The molecule has 0 aliphatic carbocycles. The van der Waals surface area contributed by atoms with Gasteiger partial charge in [0.25, 0.3) is 17.1 Å². The van der Waals surface area contributed by atoms with Gasteiger partial charge >= 0.3 is 0 Å².